The Hall–Kier alpha value is -2.15. The van der Waals surface area contributed by atoms with Crippen LogP contribution in [0.3, 0.4) is 0 Å². The lowest BCUT2D eigenvalue weighted by Gasteiger charge is -2.08. The van der Waals surface area contributed by atoms with Gasteiger partial charge in [0.05, 0.1) is 18.2 Å². The van der Waals surface area contributed by atoms with E-state index in [0.717, 1.165) is 31.7 Å². The van der Waals surface area contributed by atoms with E-state index in [9.17, 15) is 4.79 Å². The largest absolute Gasteiger partial charge is 0.382 e. The predicted molar refractivity (Wildman–Crippen MR) is 77.8 cm³/mol. The average molecular weight is 276 g/mol. The molecule has 0 aliphatic rings. The van der Waals surface area contributed by atoms with Gasteiger partial charge in [-0.05, 0) is 13.5 Å². The summed E-state index contributed by atoms with van der Waals surface area (Å²) in [6, 6.07) is 1.58. The molecule has 20 heavy (non-hydrogen) atoms. The molecule has 0 radical (unpaired) electrons. The summed E-state index contributed by atoms with van der Waals surface area (Å²) in [6.45, 7) is 3.04. The van der Waals surface area contributed by atoms with E-state index in [1.807, 2.05) is 17.8 Å². The van der Waals surface area contributed by atoms with Crippen molar-refractivity contribution in [1.29, 1.82) is 0 Å². The molecule has 0 amide bonds. The molecule has 0 aliphatic carbocycles. The van der Waals surface area contributed by atoms with Crippen molar-refractivity contribution in [2.24, 2.45) is 0 Å². The molecule has 0 saturated heterocycles. The van der Waals surface area contributed by atoms with Crippen molar-refractivity contribution >= 4 is 5.69 Å². The van der Waals surface area contributed by atoms with E-state index in [0.29, 0.717) is 6.54 Å². The predicted octanol–water partition coefficient (Wildman–Crippen LogP) is 0.161. The van der Waals surface area contributed by atoms with Gasteiger partial charge in [-0.25, -0.2) is 9.67 Å². The van der Waals surface area contributed by atoms with Crippen molar-refractivity contribution in [2.45, 2.75) is 19.5 Å². The first-order chi connectivity index (χ1) is 9.79. The lowest BCUT2D eigenvalue weighted by Crippen LogP contribution is -2.24. The van der Waals surface area contributed by atoms with Gasteiger partial charge in [0.15, 0.2) is 0 Å². The molecule has 0 spiro atoms. The van der Waals surface area contributed by atoms with Gasteiger partial charge < -0.3 is 15.2 Å². The number of hydrogen-bond acceptors (Lipinski definition) is 5. The summed E-state index contributed by atoms with van der Waals surface area (Å²) < 4.78 is 3.47. The Labute approximate surface area is 117 Å². The lowest BCUT2D eigenvalue weighted by molar-refractivity contribution is 0.507. The molecule has 0 bridgehead atoms. The Balaban J connectivity index is 1.84. The van der Waals surface area contributed by atoms with E-state index in [-0.39, 0.29) is 5.56 Å². The second-order valence-corrected chi connectivity index (χ2v) is 4.49. The van der Waals surface area contributed by atoms with Gasteiger partial charge in [0.1, 0.15) is 0 Å². The van der Waals surface area contributed by atoms with Crippen LogP contribution in [0.1, 0.15) is 6.42 Å². The first kappa shape index (κ1) is 14.3. The Bertz CT molecular complexity index is 562. The highest BCUT2D eigenvalue weighted by atomic mass is 16.1. The van der Waals surface area contributed by atoms with Crippen molar-refractivity contribution in [3.63, 3.8) is 0 Å². The van der Waals surface area contributed by atoms with Gasteiger partial charge in [0.25, 0.3) is 5.56 Å². The fourth-order valence-electron chi connectivity index (χ4n) is 1.85. The molecule has 2 aromatic heterocycles. The molecule has 0 unspecified atom stereocenters. The number of aryl methyl sites for hydroxylation is 2. The van der Waals surface area contributed by atoms with Crippen LogP contribution in [0, 0.1) is 0 Å². The Kier molecular flexibility index (Phi) is 5.31. The maximum Gasteiger partial charge on any atom is 0.268 e. The van der Waals surface area contributed by atoms with Crippen LogP contribution in [0.5, 0.6) is 0 Å². The van der Waals surface area contributed by atoms with E-state index in [1.54, 1.807) is 24.8 Å². The SMILES string of the molecule is CNCCNc1cnn(CCCn2ccnc2)c(=O)c1. The summed E-state index contributed by atoms with van der Waals surface area (Å²) in [4.78, 5) is 15.9. The number of imidazole rings is 1. The molecule has 0 atom stereocenters. The van der Waals surface area contributed by atoms with Crippen LogP contribution in [-0.4, -0.2) is 39.5 Å². The van der Waals surface area contributed by atoms with E-state index >= 15 is 0 Å². The van der Waals surface area contributed by atoms with Crippen LogP contribution in [-0.2, 0) is 13.1 Å². The third-order valence-corrected chi connectivity index (χ3v) is 2.92. The van der Waals surface area contributed by atoms with Gasteiger partial charge in [-0.1, -0.05) is 0 Å². The number of nitrogens with zero attached hydrogens (tertiary/aromatic N) is 4. The standard InChI is InChI=1S/C13H20N6O/c1-14-3-4-16-12-9-13(20)19(17-10-12)7-2-6-18-8-5-15-11-18/h5,8-11,14,16H,2-4,6-7H2,1H3. The highest BCUT2D eigenvalue weighted by molar-refractivity contribution is 5.38. The van der Waals surface area contributed by atoms with E-state index in [4.69, 9.17) is 0 Å². The highest BCUT2D eigenvalue weighted by Crippen LogP contribution is 1.99. The average Bonchev–Trinajstić information content (AvgIpc) is 2.95. The van der Waals surface area contributed by atoms with Gasteiger partial charge in [-0.3, -0.25) is 4.79 Å². The van der Waals surface area contributed by atoms with Crippen LogP contribution >= 0.6 is 0 Å². The fourth-order valence-corrected chi connectivity index (χ4v) is 1.85. The van der Waals surface area contributed by atoms with Crippen molar-refractivity contribution in [1.82, 2.24) is 24.6 Å². The fraction of sp³-hybridized carbons (Fsp3) is 0.462. The van der Waals surface area contributed by atoms with Crippen LogP contribution in [0.2, 0.25) is 0 Å². The third-order valence-electron chi connectivity index (χ3n) is 2.92. The summed E-state index contributed by atoms with van der Waals surface area (Å²) in [5, 5.41) is 10.3. The van der Waals surface area contributed by atoms with Crippen molar-refractivity contribution < 1.29 is 0 Å². The molecule has 0 saturated carbocycles. The summed E-state index contributed by atoms with van der Waals surface area (Å²) in [6.07, 6.45) is 7.95. The molecule has 0 aliphatic heterocycles. The van der Waals surface area contributed by atoms with Gasteiger partial charge in [-0.2, -0.15) is 5.10 Å². The number of likely N-dealkylation sites (N-methyl/N-ethyl adjacent to an activating group) is 1. The zero-order valence-electron chi connectivity index (χ0n) is 11.6. The van der Waals surface area contributed by atoms with Crippen LogP contribution in [0.25, 0.3) is 0 Å². The Morgan fingerprint density at radius 3 is 2.90 bits per heavy atom. The molecule has 7 nitrogen and oxygen atoms in total. The number of nitrogens with one attached hydrogen (secondary N) is 2. The molecular weight excluding hydrogens is 256 g/mol. The van der Waals surface area contributed by atoms with Gasteiger partial charge in [0, 0.05) is 44.6 Å². The highest BCUT2D eigenvalue weighted by Gasteiger charge is 2.00. The van der Waals surface area contributed by atoms with Crippen LogP contribution in [0.4, 0.5) is 5.69 Å². The maximum absolute atomic E-state index is 11.9. The van der Waals surface area contributed by atoms with Crippen molar-refractivity contribution in [3.8, 4) is 0 Å². The minimum atomic E-state index is -0.0786. The second-order valence-electron chi connectivity index (χ2n) is 4.49. The van der Waals surface area contributed by atoms with Crippen LogP contribution in [0.15, 0.2) is 35.8 Å². The molecule has 0 aromatic carbocycles. The summed E-state index contributed by atoms with van der Waals surface area (Å²) in [7, 11) is 1.89. The topological polar surface area (TPSA) is 76.8 Å². The number of rotatable bonds is 8. The minimum Gasteiger partial charge on any atom is -0.382 e. The van der Waals surface area contributed by atoms with Gasteiger partial charge in [-0.15, -0.1) is 0 Å². The molecular formula is C13H20N6O. The number of hydrogen-bond donors (Lipinski definition) is 2. The maximum atomic E-state index is 11.9. The van der Waals surface area contributed by atoms with Crippen molar-refractivity contribution in [2.75, 3.05) is 25.5 Å². The molecule has 2 heterocycles. The summed E-state index contributed by atoms with van der Waals surface area (Å²) in [5.41, 5.74) is 0.682. The first-order valence-electron chi connectivity index (χ1n) is 6.71. The molecule has 0 fully saturated rings. The number of aromatic nitrogens is 4. The molecule has 2 N–H and O–H groups in total. The number of anilines is 1. The molecule has 108 valence electrons. The van der Waals surface area contributed by atoms with Gasteiger partial charge >= 0.3 is 0 Å². The lowest BCUT2D eigenvalue weighted by atomic mass is 10.4. The second kappa shape index (κ2) is 7.44. The normalized spacial score (nSPS) is 10.7. The quantitative estimate of drug-likeness (QED) is 0.672. The first-order valence-corrected chi connectivity index (χ1v) is 6.71. The van der Waals surface area contributed by atoms with E-state index < -0.39 is 0 Å². The van der Waals surface area contributed by atoms with E-state index in [1.165, 1.54) is 4.68 Å². The zero-order valence-corrected chi connectivity index (χ0v) is 11.6. The zero-order chi connectivity index (χ0) is 14.2. The van der Waals surface area contributed by atoms with Crippen LogP contribution < -0.4 is 16.2 Å². The third kappa shape index (κ3) is 4.20. The minimum absolute atomic E-state index is 0.0786. The van der Waals surface area contributed by atoms with Gasteiger partial charge in [0.2, 0.25) is 0 Å². The van der Waals surface area contributed by atoms with Crippen molar-refractivity contribution in [3.05, 3.63) is 41.3 Å². The molecule has 7 heteroatoms. The monoisotopic (exact) mass is 276 g/mol. The Morgan fingerprint density at radius 2 is 2.20 bits per heavy atom. The summed E-state index contributed by atoms with van der Waals surface area (Å²) in [5.74, 6) is 0. The summed E-state index contributed by atoms with van der Waals surface area (Å²) >= 11 is 0. The molecule has 2 aromatic rings. The molecule has 2 rings (SSSR count). The smallest absolute Gasteiger partial charge is 0.268 e. The Morgan fingerprint density at radius 1 is 1.30 bits per heavy atom. The van der Waals surface area contributed by atoms with E-state index in [2.05, 4.69) is 20.7 Å².